The van der Waals surface area contributed by atoms with Crippen molar-refractivity contribution in [3.8, 4) is 0 Å². The first kappa shape index (κ1) is 11.5. The van der Waals surface area contributed by atoms with Crippen LogP contribution in [0.5, 0.6) is 0 Å². The lowest BCUT2D eigenvalue weighted by Gasteiger charge is -2.02. The summed E-state index contributed by atoms with van der Waals surface area (Å²) < 4.78 is 5.40. The Labute approximate surface area is 110 Å². The number of nitrogens with zero attached hydrogens (tertiary/aromatic N) is 2. The predicted octanol–water partition coefficient (Wildman–Crippen LogP) is 1.90. The number of carbonyl (C=O) groups excluding carboxylic acids is 1. The average molecular weight is 273 g/mol. The molecular formula is C12H7N3O3S. The van der Waals surface area contributed by atoms with E-state index in [2.05, 4.69) is 15.5 Å². The standard InChI is InChI=1S/C12H7N3O3S/c16-8-5-10(11(17)14-12-15-13-6-19-12)18-9-4-2-1-3-7(8)9/h1-6H,(H,14,15,17). The van der Waals surface area contributed by atoms with E-state index in [0.29, 0.717) is 16.1 Å². The van der Waals surface area contributed by atoms with E-state index in [0.717, 1.165) is 0 Å². The second kappa shape index (κ2) is 4.62. The number of fused-ring (bicyclic) bond motifs is 1. The van der Waals surface area contributed by atoms with Gasteiger partial charge in [-0.05, 0) is 12.1 Å². The first-order valence-electron chi connectivity index (χ1n) is 5.34. The van der Waals surface area contributed by atoms with Crippen LogP contribution in [0.2, 0.25) is 0 Å². The fourth-order valence-corrected chi connectivity index (χ4v) is 2.04. The molecule has 2 heterocycles. The zero-order valence-corrected chi connectivity index (χ0v) is 10.3. The molecule has 0 unspecified atom stereocenters. The lowest BCUT2D eigenvalue weighted by Crippen LogP contribution is -2.14. The van der Waals surface area contributed by atoms with Crippen molar-refractivity contribution in [3.05, 3.63) is 51.8 Å². The molecular weight excluding hydrogens is 266 g/mol. The molecule has 0 bridgehead atoms. The SMILES string of the molecule is O=C(Nc1nncs1)c1cc(=O)c2ccccc2o1. The number of hydrogen-bond acceptors (Lipinski definition) is 6. The minimum absolute atomic E-state index is 0.0566. The van der Waals surface area contributed by atoms with Gasteiger partial charge in [0.15, 0.2) is 11.2 Å². The van der Waals surface area contributed by atoms with Crippen molar-refractivity contribution in [1.29, 1.82) is 0 Å². The lowest BCUT2D eigenvalue weighted by molar-refractivity contribution is 0.0997. The molecule has 0 atom stereocenters. The Hall–Kier alpha value is -2.54. The molecule has 0 saturated heterocycles. The molecule has 1 amide bonds. The number of benzene rings is 1. The van der Waals surface area contributed by atoms with Crippen LogP contribution in [-0.4, -0.2) is 16.1 Å². The van der Waals surface area contributed by atoms with Gasteiger partial charge in [-0.2, -0.15) is 0 Å². The quantitative estimate of drug-likeness (QED) is 0.770. The highest BCUT2D eigenvalue weighted by atomic mass is 32.1. The number of hydrogen-bond donors (Lipinski definition) is 1. The number of amides is 1. The molecule has 0 aliphatic heterocycles. The van der Waals surface area contributed by atoms with E-state index in [4.69, 9.17) is 4.42 Å². The summed E-state index contributed by atoms with van der Waals surface area (Å²) in [6, 6.07) is 7.92. The van der Waals surface area contributed by atoms with Gasteiger partial charge in [-0.15, -0.1) is 10.2 Å². The van der Waals surface area contributed by atoms with Crippen molar-refractivity contribution < 1.29 is 9.21 Å². The van der Waals surface area contributed by atoms with Crippen LogP contribution in [0.1, 0.15) is 10.6 Å². The van der Waals surface area contributed by atoms with E-state index in [1.165, 1.54) is 22.9 Å². The molecule has 0 aliphatic rings. The molecule has 3 rings (SSSR count). The van der Waals surface area contributed by atoms with Gasteiger partial charge < -0.3 is 4.42 Å². The fourth-order valence-electron chi connectivity index (χ4n) is 1.60. The van der Waals surface area contributed by atoms with E-state index in [-0.39, 0.29) is 11.2 Å². The largest absolute Gasteiger partial charge is 0.451 e. The minimum atomic E-state index is -0.528. The zero-order valence-electron chi connectivity index (χ0n) is 9.49. The van der Waals surface area contributed by atoms with E-state index in [1.807, 2.05) is 0 Å². The lowest BCUT2D eigenvalue weighted by atomic mass is 10.2. The molecule has 0 aliphatic carbocycles. The summed E-state index contributed by atoms with van der Waals surface area (Å²) in [5.41, 5.74) is 1.60. The van der Waals surface area contributed by atoms with Crippen LogP contribution in [0.4, 0.5) is 5.13 Å². The molecule has 1 N–H and O–H groups in total. The van der Waals surface area contributed by atoms with Crippen molar-refractivity contribution in [3.63, 3.8) is 0 Å². The molecule has 0 radical (unpaired) electrons. The van der Waals surface area contributed by atoms with Gasteiger partial charge in [0.1, 0.15) is 11.1 Å². The van der Waals surface area contributed by atoms with Crippen molar-refractivity contribution in [2.24, 2.45) is 0 Å². The Morgan fingerprint density at radius 3 is 2.95 bits per heavy atom. The van der Waals surface area contributed by atoms with Crippen LogP contribution in [0.3, 0.4) is 0 Å². The number of aromatic nitrogens is 2. The summed E-state index contributed by atoms with van der Waals surface area (Å²) in [5.74, 6) is -0.585. The second-order valence-corrected chi connectivity index (χ2v) is 4.50. The Morgan fingerprint density at radius 2 is 2.16 bits per heavy atom. The van der Waals surface area contributed by atoms with Gasteiger partial charge in [-0.1, -0.05) is 23.5 Å². The highest BCUT2D eigenvalue weighted by molar-refractivity contribution is 7.13. The van der Waals surface area contributed by atoms with Crippen molar-refractivity contribution in [2.75, 3.05) is 5.32 Å². The van der Waals surface area contributed by atoms with Gasteiger partial charge in [0.05, 0.1) is 5.39 Å². The first-order valence-corrected chi connectivity index (χ1v) is 6.22. The van der Waals surface area contributed by atoms with E-state index < -0.39 is 5.91 Å². The van der Waals surface area contributed by atoms with E-state index in [1.54, 1.807) is 24.3 Å². The molecule has 19 heavy (non-hydrogen) atoms. The summed E-state index contributed by atoms with van der Waals surface area (Å²) in [4.78, 5) is 23.7. The van der Waals surface area contributed by atoms with Gasteiger partial charge in [0.2, 0.25) is 5.13 Å². The van der Waals surface area contributed by atoms with Gasteiger partial charge in [0, 0.05) is 6.07 Å². The highest BCUT2D eigenvalue weighted by Gasteiger charge is 2.13. The normalized spacial score (nSPS) is 10.5. The number of anilines is 1. The monoisotopic (exact) mass is 273 g/mol. The Kier molecular flexibility index (Phi) is 2.81. The van der Waals surface area contributed by atoms with Crippen LogP contribution in [0.25, 0.3) is 11.0 Å². The van der Waals surface area contributed by atoms with Gasteiger partial charge in [0.25, 0.3) is 5.91 Å². The maximum atomic E-state index is 11.9. The molecule has 0 saturated carbocycles. The van der Waals surface area contributed by atoms with Gasteiger partial charge in [-0.25, -0.2) is 0 Å². The minimum Gasteiger partial charge on any atom is -0.451 e. The molecule has 0 spiro atoms. The van der Waals surface area contributed by atoms with E-state index >= 15 is 0 Å². The topological polar surface area (TPSA) is 85.1 Å². The number of nitrogens with one attached hydrogen (secondary N) is 1. The molecule has 3 aromatic rings. The van der Waals surface area contributed by atoms with Crippen LogP contribution < -0.4 is 10.7 Å². The fraction of sp³-hybridized carbons (Fsp3) is 0. The van der Waals surface area contributed by atoms with Crippen LogP contribution in [-0.2, 0) is 0 Å². The number of carbonyl (C=O) groups is 1. The molecule has 1 aromatic carbocycles. The van der Waals surface area contributed by atoms with Crippen LogP contribution >= 0.6 is 11.3 Å². The summed E-state index contributed by atoms with van der Waals surface area (Å²) >= 11 is 1.18. The van der Waals surface area contributed by atoms with Crippen molar-refractivity contribution in [2.45, 2.75) is 0 Å². The Balaban J connectivity index is 2.01. The van der Waals surface area contributed by atoms with Crippen LogP contribution in [0, 0.1) is 0 Å². The maximum Gasteiger partial charge on any atom is 0.293 e. The van der Waals surface area contributed by atoms with Gasteiger partial charge in [-0.3, -0.25) is 14.9 Å². The summed E-state index contributed by atoms with van der Waals surface area (Å²) in [6.07, 6.45) is 0. The molecule has 94 valence electrons. The van der Waals surface area contributed by atoms with Crippen molar-refractivity contribution >= 4 is 33.3 Å². The third kappa shape index (κ3) is 2.23. The number of para-hydroxylation sites is 1. The smallest absolute Gasteiger partial charge is 0.293 e. The molecule has 6 nitrogen and oxygen atoms in total. The highest BCUT2D eigenvalue weighted by Crippen LogP contribution is 2.14. The third-order valence-corrected chi connectivity index (χ3v) is 3.05. The van der Waals surface area contributed by atoms with Gasteiger partial charge >= 0.3 is 0 Å². The second-order valence-electron chi connectivity index (χ2n) is 3.67. The van der Waals surface area contributed by atoms with Crippen LogP contribution in [0.15, 0.2) is 45.1 Å². The maximum absolute atomic E-state index is 11.9. The first-order chi connectivity index (χ1) is 9.24. The average Bonchev–Trinajstić information content (AvgIpc) is 2.91. The van der Waals surface area contributed by atoms with Crippen molar-refractivity contribution in [1.82, 2.24) is 10.2 Å². The molecule has 0 fully saturated rings. The summed E-state index contributed by atoms with van der Waals surface area (Å²) in [7, 11) is 0. The predicted molar refractivity (Wildman–Crippen MR) is 70.3 cm³/mol. The molecule has 2 aromatic heterocycles. The molecule has 7 heteroatoms. The van der Waals surface area contributed by atoms with E-state index in [9.17, 15) is 9.59 Å². The number of rotatable bonds is 2. The summed E-state index contributed by atoms with van der Waals surface area (Å²) in [6.45, 7) is 0. The Morgan fingerprint density at radius 1 is 1.32 bits per heavy atom. The Bertz CT molecular complexity index is 795. The zero-order chi connectivity index (χ0) is 13.2. The summed E-state index contributed by atoms with van der Waals surface area (Å²) in [5, 5.41) is 10.6. The third-order valence-electron chi connectivity index (χ3n) is 2.44.